The van der Waals surface area contributed by atoms with Crippen LogP contribution in [0.2, 0.25) is 0 Å². The summed E-state index contributed by atoms with van der Waals surface area (Å²) in [5.41, 5.74) is 0.930. The van der Waals surface area contributed by atoms with Gasteiger partial charge in [0.1, 0.15) is 43.2 Å². The Hall–Kier alpha value is -4.00. The number of phenolic OH excluding ortho intramolecular Hbond substituents is 4. The Balaban J connectivity index is 1.53. The third-order valence-corrected chi connectivity index (χ3v) is 7.53. The smallest absolute Gasteiger partial charge is 0.330 e. The first-order chi connectivity index (χ1) is 22.2. The molecule has 2 fully saturated rings. The molecule has 0 bridgehead atoms. The number of phenols is 4. The molecule has 2 aromatic rings. The number of aromatic hydroxyl groups is 4. The first kappa shape index (κ1) is 35.8. The van der Waals surface area contributed by atoms with Crippen molar-refractivity contribution in [1.82, 2.24) is 0 Å². The topological polar surface area (TPSA) is 251 Å². The van der Waals surface area contributed by atoms with Crippen LogP contribution in [0.25, 0.3) is 6.08 Å². The number of rotatable bonds is 11. The third kappa shape index (κ3) is 9.09. The fourth-order valence-electron chi connectivity index (χ4n) is 4.95. The van der Waals surface area contributed by atoms with Crippen LogP contribution in [0.1, 0.15) is 25.0 Å². The molecule has 0 aliphatic carbocycles. The molecule has 0 aromatic heterocycles. The lowest BCUT2D eigenvalue weighted by molar-refractivity contribution is -0.357. The van der Waals surface area contributed by atoms with Gasteiger partial charge in [-0.05, 0) is 54.8 Å². The van der Waals surface area contributed by atoms with Crippen LogP contribution in [0, 0.1) is 0 Å². The fraction of sp³-hybridized carbons (Fsp3) is 0.484. The van der Waals surface area contributed by atoms with E-state index in [4.69, 9.17) is 28.4 Å². The lowest BCUT2D eigenvalue weighted by atomic mass is 9.97. The first-order valence-electron chi connectivity index (χ1n) is 14.6. The van der Waals surface area contributed by atoms with Gasteiger partial charge in [0, 0.05) is 13.0 Å². The van der Waals surface area contributed by atoms with E-state index in [1.165, 1.54) is 49.4 Å². The summed E-state index contributed by atoms with van der Waals surface area (Å²) in [7, 11) is 0. The van der Waals surface area contributed by atoms with E-state index in [0.717, 1.165) is 13.0 Å². The van der Waals surface area contributed by atoms with E-state index in [9.17, 15) is 50.4 Å². The lowest BCUT2D eigenvalue weighted by Crippen LogP contribution is -2.65. The molecule has 2 aliphatic heterocycles. The Morgan fingerprint density at radius 3 is 2.15 bits per heavy atom. The maximum Gasteiger partial charge on any atom is 0.330 e. The summed E-state index contributed by atoms with van der Waals surface area (Å²) >= 11 is 0. The van der Waals surface area contributed by atoms with Crippen LogP contribution in [0.15, 0.2) is 42.5 Å². The molecular weight excluding hydrogens is 628 g/mol. The summed E-state index contributed by atoms with van der Waals surface area (Å²) < 4.78 is 33.8. The molecule has 0 radical (unpaired) electrons. The Morgan fingerprint density at radius 2 is 1.49 bits per heavy atom. The lowest BCUT2D eigenvalue weighted by Gasteiger charge is -2.46. The molecule has 0 spiro atoms. The van der Waals surface area contributed by atoms with Gasteiger partial charge >= 0.3 is 11.9 Å². The molecule has 4 rings (SSSR count). The highest BCUT2D eigenvalue weighted by atomic mass is 16.7. The van der Waals surface area contributed by atoms with Crippen molar-refractivity contribution in [3.05, 3.63) is 53.6 Å². The molecule has 8 N–H and O–H groups in total. The van der Waals surface area contributed by atoms with Gasteiger partial charge in [0.2, 0.25) is 0 Å². The minimum Gasteiger partial charge on any atom is -0.504 e. The van der Waals surface area contributed by atoms with Gasteiger partial charge in [-0.25, -0.2) is 4.79 Å². The van der Waals surface area contributed by atoms with Crippen molar-refractivity contribution < 1.29 is 78.9 Å². The van der Waals surface area contributed by atoms with Crippen molar-refractivity contribution in [2.75, 3.05) is 13.2 Å². The third-order valence-electron chi connectivity index (χ3n) is 7.53. The molecule has 258 valence electrons. The van der Waals surface area contributed by atoms with Crippen molar-refractivity contribution in [3.63, 3.8) is 0 Å². The zero-order valence-corrected chi connectivity index (χ0v) is 25.4. The number of esters is 2. The number of carbonyl (C=O) groups is 2. The molecule has 16 nitrogen and oxygen atoms in total. The molecule has 2 heterocycles. The van der Waals surface area contributed by atoms with E-state index in [1.807, 2.05) is 0 Å². The Kier molecular flexibility index (Phi) is 12.0. The second kappa shape index (κ2) is 15.7. The van der Waals surface area contributed by atoms with Crippen LogP contribution in [0.3, 0.4) is 0 Å². The molecule has 0 amide bonds. The number of ether oxygens (including phenoxy) is 6. The van der Waals surface area contributed by atoms with E-state index in [-0.39, 0.29) is 30.3 Å². The summed E-state index contributed by atoms with van der Waals surface area (Å²) in [6.07, 6.45) is -12.6. The minimum atomic E-state index is -1.78. The van der Waals surface area contributed by atoms with Crippen molar-refractivity contribution in [1.29, 1.82) is 0 Å². The Bertz CT molecular complexity index is 1410. The number of hydrogen-bond acceptors (Lipinski definition) is 16. The SMILES string of the molecule is CC(=O)O[C@H]1C(OCCc2ccc(O)c(O)c2)O[C@H](COC(=O)C=Cc2ccc(O)c(O)c2)[C@@H](O)[C@@H]1OC1O[C@@H](C)[C@H](O)[C@@H](O)[C@H]1O. The summed E-state index contributed by atoms with van der Waals surface area (Å²) in [5, 5.41) is 80.7. The molecule has 2 aliphatic rings. The number of benzene rings is 2. The van der Waals surface area contributed by atoms with Gasteiger partial charge in [-0.15, -0.1) is 0 Å². The molecule has 16 heteroatoms. The number of hydrogen-bond donors (Lipinski definition) is 8. The molecular formula is C31H38O16. The standard InChI is InChI=1S/C31H38O16/c1-14-24(38)26(40)27(41)30(44-14)47-28-25(39)22(13-43-23(37)8-5-16-3-6-18(33)20(35)11-16)46-31(29(28)45-15(2)32)42-10-9-17-4-7-19(34)21(36)12-17/h3-8,11-12,14,22,24-31,33-36,38-41H,9-10,13H2,1-2H3/t14-,22+,24-,25+,26+,27+,28-,29+,30?,31?/m0/s1. The first-order valence-corrected chi connectivity index (χ1v) is 14.6. The molecule has 10 atom stereocenters. The number of aliphatic hydroxyl groups is 4. The van der Waals surface area contributed by atoms with Crippen molar-refractivity contribution in [3.8, 4) is 23.0 Å². The van der Waals surface area contributed by atoms with Gasteiger partial charge in [0.15, 0.2) is 41.7 Å². The molecule has 2 saturated heterocycles. The zero-order chi connectivity index (χ0) is 34.4. The highest BCUT2D eigenvalue weighted by molar-refractivity contribution is 5.87. The maximum atomic E-state index is 12.5. The monoisotopic (exact) mass is 666 g/mol. The van der Waals surface area contributed by atoms with Crippen molar-refractivity contribution in [2.45, 2.75) is 81.7 Å². The molecule has 0 saturated carbocycles. The van der Waals surface area contributed by atoms with Crippen LogP contribution >= 0.6 is 0 Å². The average molecular weight is 667 g/mol. The van der Waals surface area contributed by atoms with Crippen molar-refractivity contribution in [2.24, 2.45) is 0 Å². The second-order valence-electron chi connectivity index (χ2n) is 11.0. The van der Waals surface area contributed by atoms with E-state index in [2.05, 4.69) is 0 Å². The molecule has 2 aromatic carbocycles. The average Bonchev–Trinajstić information content (AvgIpc) is 3.02. The van der Waals surface area contributed by atoms with E-state index < -0.39 is 85.7 Å². The van der Waals surface area contributed by atoms with Gasteiger partial charge in [0.25, 0.3) is 0 Å². The van der Waals surface area contributed by atoms with Crippen LogP contribution in [-0.4, -0.2) is 127 Å². The fourth-order valence-corrected chi connectivity index (χ4v) is 4.95. The second-order valence-corrected chi connectivity index (χ2v) is 11.0. The number of aliphatic hydroxyl groups excluding tert-OH is 4. The van der Waals surface area contributed by atoms with Crippen molar-refractivity contribution >= 4 is 18.0 Å². The Morgan fingerprint density at radius 1 is 0.809 bits per heavy atom. The van der Waals surface area contributed by atoms with Crippen LogP contribution in [0.4, 0.5) is 0 Å². The normalized spacial score (nSPS) is 31.0. The van der Waals surface area contributed by atoms with Gasteiger partial charge in [-0.1, -0.05) is 12.1 Å². The minimum absolute atomic E-state index is 0.103. The summed E-state index contributed by atoms with van der Waals surface area (Å²) in [6.45, 7) is 1.83. The van der Waals surface area contributed by atoms with E-state index in [0.29, 0.717) is 11.1 Å². The summed E-state index contributed by atoms with van der Waals surface area (Å²) in [4.78, 5) is 24.6. The van der Waals surface area contributed by atoms with Gasteiger partial charge in [-0.3, -0.25) is 4.79 Å². The van der Waals surface area contributed by atoms with Gasteiger partial charge in [0.05, 0.1) is 12.7 Å². The quantitative estimate of drug-likeness (QED) is 0.0859. The highest BCUT2D eigenvalue weighted by Gasteiger charge is 2.52. The van der Waals surface area contributed by atoms with Crippen LogP contribution in [-0.2, 0) is 44.4 Å². The van der Waals surface area contributed by atoms with E-state index in [1.54, 1.807) is 0 Å². The van der Waals surface area contributed by atoms with Crippen LogP contribution in [0.5, 0.6) is 23.0 Å². The highest BCUT2D eigenvalue weighted by Crippen LogP contribution is 2.32. The van der Waals surface area contributed by atoms with Gasteiger partial charge in [-0.2, -0.15) is 0 Å². The Labute approximate surface area is 268 Å². The predicted octanol–water partition coefficient (Wildman–Crippen LogP) is -0.445. The largest absolute Gasteiger partial charge is 0.504 e. The maximum absolute atomic E-state index is 12.5. The predicted molar refractivity (Wildman–Crippen MR) is 157 cm³/mol. The van der Waals surface area contributed by atoms with E-state index >= 15 is 0 Å². The molecule has 2 unspecified atom stereocenters. The summed E-state index contributed by atoms with van der Waals surface area (Å²) in [5.74, 6) is -3.11. The van der Waals surface area contributed by atoms with Gasteiger partial charge < -0.3 is 69.3 Å². The zero-order valence-electron chi connectivity index (χ0n) is 25.4. The molecule has 47 heavy (non-hydrogen) atoms. The number of carbonyl (C=O) groups excluding carboxylic acids is 2. The van der Waals surface area contributed by atoms with Crippen LogP contribution < -0.4 is 0 Å². The summed E-state index contributed by atoms with van der Waals surface area (Å²) in [6, 6.07) is 8.02.